The summed E-state index contributed by atoms with van der Waals surface area (Å²) in [5.74, 6) is 1.01. The van der Waals surface area contributed by atoms with Gasteiger partial charge in [-0.15, -0.1) is 0 Å². The minimum absolute atomic E-state index is 0.0221. The fraction of sp³-hybridized carbons (Fsp3) is 0.250. The molecule has 2 aromatic carbocycles. The molecule has 1 unspecified atom stereocenters. The molecule has 7 heteroatoms. The molecule has 0 bridgehead atoms. The van der Waals surface area contributed by atoms with Crippen molar-refractivity contribution in [2.45, 2.75) is 18.9 Å². The quantitative estimate of drug-likeness (QED) is 0.553. The molecule has 6 nitrogen and oxygen atoms in total. The van der Waals surface area contributed by atoms with E-state index in [1.54, 1.807) is 6.07 Å². The number of fused-ring (bicyclic) bond motifs is 2. The normalized spacial score (nSPS) is 16.1. The van der Waals surface area contributed by atoms with Gasteiger partial charge in [-0.25, -0.2) is 0 Å². The van der Waals surface area contributed by atoms with Gasteiger partial charge in [-0.05, 0) is 42.3 Å². The maximum Gasteiger partial charge on any atom is 0.266 e. The van der Waals surface area contributed by atoms with E-state index in [0.29, 0.717) is 36.0 Å². The van der Waals surface area contributed by atoms with Crippen molar-refractivity contribution < 1.29 is 14.6 Å². The molecule has 140 valence electrons. The summed E-state index contributed by atoms with van der Waals surface area (Å²) in [6, 6.07) is 13.1. The molecule has 0 aliphatic carbocycles. The highest BCUT2D eigenvalue weighted by molar-refractivity contribution is 6.31. The molecule has 1 aliphatic heterocycles. The van der Waals surface area contributed by atoms with Gasteiger partial charge in [0.15, 0.2) is 6.10 Å². The van der Waals surface area contributed by atoms with E-state index in [1.165, 1.54) is 0 Å². The molecule has 2 heterocycles. The zero-order chi connectivity index (χ0) is 18.8. The standard InChI is InChI=1S/C20H20ClN3O3/c21-14-4-5-15-13(10-14)11-18(23-15)24-20(26)17-6-8-22-16-3-1-2-12(7-9-25)19(16)27-17/h1-5,10-11,17,22-23,25H,6-9H2,(H,24,26). The average molecular weight is 386 g/mol. The maximum absolute atomic E-state index is 12.8. The number of benzene rings is 2. The van der Waals surface area contributed by atoms with Crippen molar-refractivity contribution >= 4 is 39.9 Å². The zero-order valence-electron chi connectivity index (χ0n) is 14.6. The number of aliphatic hydroxyl groups is 1. The number of hydrogen-bond donors (Lipinski definition) is 4. The van der Waals surface area contributed by atoms with Crippen LogP contribution in [0.15, 0.2) is 42.5 Å². The van der Waals surface area contributed by atoms with E-state index in [4.69, 9.17) is 16.3 Å². The van der Waals surface area contributed by atoms with E-state index in [9.17, 15) is 9.90 Å². The number of rotatable bonds is 4. The first-order valence-electron chi connectivity index (χ1n) is 8.86. The molecule has 3 aromatic rings. The Balaban J connectivity index is 1.54. The number of carbonyl (C=O) groups is 1. The number of anilines is 2. The summed E-state index contributed by atoms with van der Waals surface area (Å²) < 4.78 is 6.05. The predicted molar refractivity (Wildman–Crippen MR) is 107 cm³/mol. The summed E-state index contributed by atoms with van der Waals surface area (Å²) in [6.07, 6.45) is 0.376. The second kappa shape index (κ2) is 7.50. The number of ether oxygens (including phenoxy) is 1. The smallest absolute Gasteiger partial charge is 0.266 e. The van der Waals surface area contributed by atoms with Gasteiger partial charge in [0, 0.05) is 35.5 Å². The van der Waals surface area contributed by atoms with E-state index in [-0.39, 0.29) is 12.5 Å². The number of aliphatic hydroxyl groups excluding tert-OH is 1. The van der Waals surface area contributed by atoms with Crippen molar-refractivity contribution in [3.8, 4) is 5.75 Å². The Morgan fingerprint density at radius 3 is 3.04 bits per heavy atom. The van der Waals surface area contributed by atoms with Crippen LogP contribution in [0.3, 0.4) is 0 Å². The highest BCUT2D eigenvalue weighted by Crippen LogP contribution is 2.33. The number of H-pyrrole nitrogens is 1. The second-order valence-electron chi connectivity index (χ2n) is 6.49. The molecule has 1 aliphatic rings. The Kier molecular flexibility index (Phi) is 4.92. The Morgan fingerprint density at radius 1 is 1.30 bits per heavy atom. The van der Waals surface area contributed by atoms with E-state index >= 15 is 0 Å². The first-order valence-corrected chi connectivity index (χ1v) is 9.24. The van der Waals surface area contributed by atoms with E-state index < -0.39 is 6.10 Å². The number of amides is 1. The molecule has 1 atom stereocenters. The van der Waals surface area contributed by atoms with Crippen molar-refractivity contribution in [3.63, 3.8) is 0 Å². The number of hydrogen-bond acceptors (Lipinski definition) is 4. The fourth-order valence-electron chi connectivity index (χ4n) is 3.29. The lowest BCUT2D eigenvalue weighted by atomic mass is 10.1. The minimum Gasteiger partial charge on any atom is -0.478 e. The highest BCUT2D eigenvalue weighted by atomic mass is 35.5. The summed E-state index contributed by atoms with van der Waals surface area (Å²) >= 11 is 6.02. The zero-order valence-corrected chi connectivity index (χ0v) is 15.3. The Bertz CT molecular complexity index is 986. The van der Waals surface area contributed by atoms with Crippen molar-refractivity contribution in [1.29, 1.82) is 0 Å². The highest BCUT2D eigenvalue weighted by Gasteiger charge is 2.26. The molecule has 0 saturated carbocycles. The number of para-hydroxylation sites is 1. The van der Waals surface area contributed by atoms with Gasteiger partial charge in [0.05, 0.1) is 5.69 Å². The van der Waals surface area contributed by atoms with Crippen LogP contribution in [0.1, 0.15) is 12.0 Å². The Hall–Kier alpha value is -2.70. The number of aromatic amines is 1. The molecule has 0 saturated heterocycles. The minimum atomic E-state index is -0.631. The van der Waals surface area contributed by atoms with Crippen LogP contribution in [0.5, 0.6) is 5.75 Å². The van der Waals surface area contributed by atoms with Crippen LogP contribution in [0.2, 0.25) is 5.02 Å². The molecule has 4 N–H and O–H groups in total. The van der Waals surface area contributed by atoms with Gasteiger partial charge in [-0.1, -0.05) is 23.7 Å². The Labute approximate surface area is 161 Å². The van der Waals surface area contributed by atoms with Crippen LogP contribution in [0.4, 0.5) is 11.5 Å². The van der Waals surface area contributed by atoms with E-state index in [2.05, 4.69) is 15.6 Å². The van der Waals surface area contributed by atoms with Crippen molar-refractivity contribution in [2.75, 3.05) is 23.8 Å². The number of aromatic nitrogens is 1. The third-order valence-electron chi connectivity index (χ3n) is 4.59. The molecule has 1 amide bonds. The van der Waals surface area contributed by atoms with Crippen molar-refractivity contribution in [2.24, 2.45) is 0 Å². The molecule has 27 heavy (non-hydrogen) atoms. The number of nitrogens with one attached hydrogen (secondary N) is 3. The lowest BCUT2D eigenvalue weighted by Gasteiger charge is -2.18. The van der Waals surface area contributed by atoms with Crippen LogP contribution in [-0.2, 0) is 11.2 Å². The monoisotopic (exact) mass is 385 g/mol. The first kappa shape index (κ1) is 17.7. The number of carbonyl (C=O) groups excluding carboxylic acids is 1. The van der Waals surface area contributed by atoms with Crippen LogP contribution >= 0.6 is 11.6 Å². The molecule has 1 aromatic heterocycles. The summed E-state index contributed by atoms with van der Waals surface area (Å²) in [4.78, 5) is 15.9. The topological polar surface area (TPSA) is 86.4 Å². The average Bonchev–Trinajstić information content (AvgIpc) is 2.90. The lowest BCUT2D eigenvalue weighted by Crippen LogP contribution is -2.33. The molecule has 4 rings (SSSR count). The summed E-state index contributed by atoms with van der Waals surface area (Å²) in [5.41, 5.74) is 2.62. The molecule has 0 spiro atoms. The van der Waals surface area contributed by atoms with Gasteiger partial charge in [0.1, 0.15) is 11.6 Å². The molecular formula is C20H20ClN3O3. The second-order valence-corrected chi connectivity index (χ2v) is 6.93. The summed E-state index contributed by atoms with van der Waals surface area (Å²) in [6.45, 7) is 0.643. The predicted octanol–water partition coefficient (Wildman–Crippen LogP) is 3.56. The summed E-state index contributed by atoms with van der Waals surface area (Å²) in [5, 5.41) is 17.0. The third kappa shape index (κ3) is 3.72. The summed E-state index contributed by atoms with van der Waals surface area (Å²) in [7, 11) is 0. The maximum atomic E-state index is 12.8. The van der Waals surface area contributed by atoms with Gasteiger partial charge in [0.25, 0.3) is 5.91 Å². The molecule has 0 radical (unpaired) electrons. The van der Waals surface area contributed by atoms with E-state index in [0.717, 1.165) is 22.2 Å². The van der Waals surface area contributed by atoms with Gasteiger partial charge in [0.2, 0.25) is 0 Å². The first-order chi connectivity index (χ1) is 13.1. The van der Waals surface area contributed by atoms with Gasteiger partial charge in [-0.3, -0.25) is 4.79 Å². The molecular weight excluding hydrogens is 366 g/mol. The van der Waals surface area contributed by atoms with Crippen LogP contribution in [-0.4, -0.2) is 35.3 Å². The van der Waals surface area contributed by atoms with Gasteiger partial charge < -0.3 is 25.5 Å². The lowest BCUT2D eigenvalue weighted by molar-refractivity contribution is -0.122. The number of halogens is 1. The van der Waals surface area contributed by atoms with E-state index in [1.807, 2.05) is 36.4 Å². The SMILES string of the molecule is O=C(Nc1cc2cc(Cl)ccc2[nH]1)C1CCNc2cccc(CCO)c2O1. The largest absolute Gasteiger partial charge is 0.478 e. The third-order valence-corrected chi connectivity index (χ3v) is 4.83. The van der Waals surface area contributed by atoms with Gasteiger partial charge >= 0.3 is 0 Å². The van der Waals surface area contributed by atoms with Crippen LogP contribution in [0, 0.1) is 0 Å². The fourth-order valence-corrected chi connectivity index (χ4v) is 3.47. The van der Waals surface area contributed by atoms with Crippen molar-refractivity contribution in [1.82, 2.24) is 4.98 Å². The molecule has 0 fully saturated rings. The van der Waals surface area contributed by atoms with Crippen LogP contribution < -0.4 is 15.4 Å². The Morgan fingerprint density at radius 2 is 2.19 bits per heavy atom. The van der Waals surface area contributed by atoms with Gasteiger partial charge in [-0.2, -0.15) is 0 Å². The van der Waals surface area contributed by atoms with Crippen molar-refractivity contribution in [3.05, 3.63) is 53.1 Å². The van der Waals surface area contributed by atoms with Crippen LogP contribution in [0.25, 0.3) is 10.9 Å².